The maximum atomic E-state index is 11.5. The van der Waals surface area contributed by atoms with Crippen LogP contribution < -0.4 is 5.35 Å². The van der Waals surface area contributed by atoms with Crippen molar-refractivity contribution in [1.82, 2.24) is 4.57 Å². The Labute approximate surface area is 219 Å². The lowest BCUT2D eigenvalue weighted by molar-refractivity contribution is -0.540. The highest BCUT2D eigenvalue weighted by Crippen LogP contribution is 2.45. The Morgan fingerprint density at radius 2 is 1.78 bits per heavy atom. The molecule has 1 N–H and O–H groups in total. The van der Waals surface area contributed by atoms with Gasteiger partial charge in [0.1, 0.15) is 7.05 Å². The number of hydrogen-bond acceptors (Lipinski definition) is 1. The molecule has 0 radical (unpaired) electrons. The van der Waals surface area contributed by atoms with Gasteiger partial charge in [0.25, 0.3) is 17.5 Å². The summed E-state index contributed by atoms with van der Waals surface area (Å²) >= 11 is 1.72. The van der Waals surface area contributed by atoms with Gasteiger partial charge in [0.15, 0.2) is 5.25 Å². The topological polar surface area (TPSA) is 31.2 Å². The number of nitrogens with zero attached hydrogens (tertiary/aromatic N) is 3. The maximum Gasteiger partial charge on any atom is 0.360 e. The molecule has 37 heavy (non-hydrogen) atoms. The zero-order chi connectivity index (χ0) is 25.1. The quantitative estimate of drug-likeness (QED) is 0.370. The zero-order valence-corrected chi connectivity index (χ0v) is 21.6. The number of hydrogen-bond donors (Lipinski definition) is 1. The molecule has 2 atom stereocenters. The highest BCUT2D eigenvalue weighted by molar-refractivity contribution is 8.04. The summed E-state index contributed by atoms with van der Waals surface area (Å²) in [5.41, 5.74) is 4.57. The Morgan fingerprint density at radius 3 is 2.62 bits per heavy atom. The van der Waals surface area contributed by atoms with Crippen LogP contribution in [0.3, 0.4) is 0 Å². The normalized spacial score (nSPS) is 21.8. The molecular formula is C32H27N3OS+2. The van der Waals surface area contributed by atoms with Crippen LogP contribution in [-0.4, -0.2) is 43.5 Å². The molecule has 0 bridgehead atoms. The van der Waals surface area contributed by atoms with Crippen LogP contribution in [0, 0.1) is 0 Å². The van der Waals surface area contributed by atoms with E-state index in [1.165, 1.54) is 27.0 Å². The summed E-state index contributed by atoms with van der Waals surface area (Å²) < 4.78 is 6.63. The molecule has 3 aliphatic rings. The number of allylic oxidation sites excluding steroid dienone is 4. The van der Waals surface area contributed by atoms with Crippen molar-refractivity contribution in [2.45, 2.75) is 11.3 Å². The molecule has 2 aliphatic heterocycles. The molecule has 0 saturated carbocycles. The number of thioether (sulfide) groups is 1. The van der Waals surface area contributed by atoms with E-state index in [1.807, 2.05) is 18.2 Å². The Kier molecular flexibility index (Phi) is 5.08. The van der Waals surface area contributed by atoms with Crippen LogP contribution in [0.5, 0.6) is 0 Å². The zero-order valence-electron chi connectivity index (χ0n) is 20.7. The number of fused-ring (bicyclic) bond motifs is 3. The van der Waals surface area contributed by atoms with E-state index in [1.54, 1.807) is 11.8 Å². The van der Waals surface area contributed by atoms with Gasteiger partial charge in [-0.3, -0.25) is 0 Å². The predicted molar refractivity (Wildman–Crippen MR) is 154 cm³/mol. The first-order valence-electron chi connectivity index (χ1n) is 12.5. The van der Waals surface area contributed by atoms with Crippen LogP contribution in [0.1, 0.15) is 10.8 Å². The Balaban J connectivity index is 1.38. The second-order valence-corrected chi connectivity index (χ2v) is 10.7. The predicted octanol–water partition coefficient (Wildman–Crippen LogP) is 5.60. The highest BCUT2D eigenvalue weighted by Gasteiger charge is 2.52. The summed E-state index contributed by atoms with van der Waals surface area (Å²) in [5.74, 6) is 0.392. The highest BCUT2D eigenvalue weighted by atomic mass is 32.2. The molecule has 2 unspecified atom stereocenters. The molecular weight excluding hydrogens is 474 g/mol. The Morgan fingerprint density at radius 1 is 0.973 bits per heavy atom. The van der Waals surface area contributed by atoms with E-state index in [9.17, 15) is 5.11 Å². The standard InChI is InChI=1S/C32H26N3OS/c1-33-24(23-15-8-13-21-14-9-19-27(33)29(21)23)18-10-20-28-32-35(26-17-7-6-16-25(26)34(28)2)31(36)30(37-32)22-11-4-3-5-12-22/h3-20,26,30H,1-2H3/q+1/p+1/b20-10-,24-18?. The van der Waals surface area contributed by atoms with Gasteiger partial charge in [-0.25, -0.2) is 0 Å². The van der Waals surface area contributed by atoms with Gasteiger partial charge in [-0.05, 0) is 40.9 Å². The van der Waals surface area contributed by atoms with Crippen molar-refractivity contribution < 1.29 is 14.3 Å². The van der Waals surface area contributed by atoms with Crippen LogP contribution in [0.15, 0.2) is 114 Å². The number of aryl methyl sites for hydroxylation is 1. The molecule has 1 aromatic heterocycles. The van der Waals surface area contributed by atoms with Crippen LogP contribution in [0.2, 0.25) is 0 Å². The third-order valence-electron chi connectivity index (χ3n) is 7.64. The fourth-order valence-corrected chi connectivity index (χ4v) is 7.20. The summed E-state index contributed by atoms with van der Waals surface area (Å²) in [5, 5.41) is 17.4. The molecule has 4 nitrogen and oxygen atoms in total. The Bertz CT molecular complexity index is 1830. The second-order valence-electron chi connectivity index (χ2n) is 9.65. The first-order valence-corrected chi connectivity index (χ1v) is 13.4. The fraction of sp³-hybridized carbons (Fsp3) is 0.125. The van der Waals surface area contributed by atoms with E-state index in [-0.39, 0.29) is 11.3 Å². The van der Waals surface area contributed by atoms with Gasteiger partial charge >= 0.3 is 10.9 Å². The molecule has 0 fully saturated rings. The van der Waals surface area contributed by atoms with Crippen molar-refractivity contribution in [1.29, 1.82) is 0 Å². The summed E-state index contributed by atoms with van der Waals surface area (Å²) in [6.07, 6.45) is 14.9. The fourth-order valence-electron chi connectivity index (χ4n) is 5.82. The molecule has 0 amide bonds. The molecule has 0 spiro atoms. The van der Waals surface area contributed by atoms with Crippen LogP contribution in [0.4, 0.5) is 0 Å². The van der Waals surface area contributed by atoms with E-state index < -0.39 is 0 Å². The molecule has 4 aromatic rings. The lowest BCUT2D eigenvalue weighted by Gasteiger charge is -2.17. The van der Waals surface area contributed by atoms with Gasteiger partial charge in [0.2, 0.25) is 0 Å². The van der Waals surface area contributed by atoms with Gasteiger partial charge in [0.05, 0.1) is 0 Å². The molecule has 180 valence electrons. The van der Waals surface area contributed by atoms with Gasteiger partial charge in [-0.2, -0.15) is 4.58 Å². The number of aliphatic hydroxyl groups excluding tert-OH is 1. The number of benzene rings is 3. The number of likely N-dealkylation sites (N-methyl/N-ethyl adjacent to an activating group) is 1. The minimum absolute atomic E-state index is 0.0187. The van der Waals surface area contributed by atoms with Crippen molar-refractivity contribution in [2.75, 3.05) is 7.05 Å². The summed E-state index contributed by atoms with van der Waals surface area (Å²) in [7, 11) is 4.25. The molecule has 1 aliphatic carbocycles. The largest absolute Gasteiger partial charge is 0.462 e. The van der Waals surface area contributed by atoms with E-state index in [0.717, 1.165) is 22.0 Å². The molecule has 7 rings (SSSR count). The average molecular weight is 502 g/mol. The minimum Gasteiger partial charge on any atom is -0.462 e. The third-order valence-corrected chi connectivity index (χ3v) is 8.99. The summed E-state index contributed by atoms with van der Waals surface area (Å²) in [6, 6.07) is 23.2. The van der Waals surface area contributed by atoms with E-state index in [0.29, 0.717) is 5.90 Å². The van der Waals surface area contributed by atoms with Crippen LogP contribution in [-0.2, 0) is 7.05 Å². The maximum absolute atomic E-state index is 11.5. The van der Waals surface area contributed by atoms with Gasteiger partial charge < -0.3 is 9.67 Å². The van der Waals surface area contributed by atoms with E-state index in [4.69, 9.17) is 0 Å². The lowest BCUT2D eigenvalue weighted by Crippen LogP contribution is -2.42. The molecule has 3 aromatic carbocycles. The van der Waals surface area contributed by atoms with Crippen molar-refractivity contribution in [2.24, 2.45) is 7.05 Å². The summed E-state index contributed by atoms with van der Waals surface area (Å²) in [6.45, 7) is 0. The Hall–Kier alpha value is -4.09. The van der Waals surface area contributed by atoms with Crippen molar-refractivity contribution in [3.8, 4) is 0 Å². The van der Waals surface area contributed by atoms with Crippen molar-refractivity contribution >= 4 is 51.1 Å². The van der Waals surface area contributed by atoms with Crippen molar-refractivity contribution in [3.63, 3.8) is 0 Å². The van der Waals surface area contributed by atoms with Crippen LogP contribution in [0.25, 0.3) is 27.8 Å². The van der Waals surface area contributed by atoms with E-state index in [2.05, 4.69) is 119 Å². The second kappa shape index (κ2) is 8.49. The average Bonchev–Trinajstić information content (AvgIpc) is 3.42. The SMILES string of the molecule is Cn1c(=C/C=C\C2=C3SC(c4ccccc4)C(O)=[N+]3C3C=CC=CC3=[N+]2C)c2cccc3cccc1c32. The van der Waals surface area contributed by atoms with Crippen LogP contribution >= 0.6 is 11.8 Å². The lowest BCUT2D eigenvalue weighted by atomic mass is 10.0. The number of aromatic nitrogens is 1. The monoisotopic (exact) mass is 501 g/mol. The van der Waals surface area contributed by atoms with Gasteiger partial charge in [0, 0.05) is 40.8 Å². The number of aliphatic hydroxyl groups is 1. The first kappa shape index (κ1) is 22.1. The van der Waals surface area contributed by atoms with Gasteiger partial charge in [-0.15, -0.1) is 4.58 Å². The molecule has 0 saturated heterocycles. The first-order chi connectivity index (χ1) is 18.1. The number of rotatable bonds is 3. The summed E-state index contributed by atoms with van der Waals surface area (Å²) in [4.78, 5) is 0. The van der Waals surface area contributed by atoms with Gasteiger partial charge in [-0.1, -0.05) is 78.9 Å². The van der Waals surface area contributed by atoms with E-state index >= 15 is 0 Å². The third kappa shape index (κ3) is 3.31. The van der Waals surface area contributed by atoms with Crippen molar-refractivity contribution in [3.05, 3.63) is 125 Å². The molecule has 5 heteroatoms. The smallest absolute Gasteiger partial charge is 0.360 e. The minimum atomic E-state index is -0.127. The molecule has 3 heterocycles.